The number of nitrogens with zero attached hydrogens (tertiary/aromatic N) is 3. The Morgan fingerprint density at radius 2 is 2.19 bits per heavy atom. The molecule has 2 aromatic rings. The molecule has 16 heavy (non-hydrogen) atoms. The molecule has 0 aliphatic rings. The summed E-state index contributed by atoms with van der Waals surface area (Å²) in [4.78, 5) is 11.4. The Hall–Kier alpha value is -1.59. The Labute approximate surface area is 98.2 Å². The van der Waals surface area contributed by atoms with Crippen LogP contribution in [0.2, 0.25) is 5.15 Å². The molecule has 0 atom stereocenters. The van der Waals surface area contributed by atoms with E-state index in [0.29, 0.717) is 11.0 Å². The summed E-state index contributed by atoms with van der Waals surface area (Å²) in [5.74, 6) is 7.03. The lowest BCUT2D eigenvalue weighted by atomic mass is 10.2. The third kappa shape index (κ3) is 2.00. The van der Waals surface area contributed by atoms with E-state index >= 15 is 0 Å². The van der Waals surface area contributed by atoms with Crippen LogP contribution in [0.5, 0.6) is 0 Å². The SMILES string of the molecule is Cc1nc(Cl)c(-c2ccc(N(C)N)nc2)[nH]1. The highest BCUT2D eigenvalue weighted by Gasteiger charge is 2.08. The Kier molecular flexibility index (Phi) is 2.80. The Bertz CT molecular complexity index is 488. The first-order valence-corrected chi connectivity index (χ1v) is 5.12. The van der Waals surface area contributed by atoms with Gasteiger partial charge >= 0.3 is 0 Å². The second-order valence-corrected chi connectivity index (χ2v) is 3.86. The summed E-state index contributed by atoms with van der Waals surface area (Å²) < 4.78 is 0. The zero-order valence-corrected chi connectivity index (χ0v) is 9.78. The maximum atomic E-state index is 5.98. The molecule has 2 aromatic heterocycles. The maximum Gasteiger partial charge on any atom is 0.155 e. The van der Waals surface area contributed by atoms with Crippen LogP contribution in [0.1, 0.15) is 5.82 Å². The van der Waals surface area contributed by atoms with Crippen molar-refractivity contribution < 1.29 is 0 Å². The number of anilines is 1. The van der Waals surface area contributed by atoms with Crippen LogP contribution >= 0.6 is 11.6 Å². The van der Waals surface area contributed by atoms with E-state index in [9.17, 15) is 0 Å². The van der Waals surface area contributed by atoms with Gasteiger partial charge in [0, 0.05) is 18.8 Å². The topological polar surface area (TPSA) is 70.8 Å². The molecular formula is C10H12ClN5. The van der Waals surface area contributed by atoms with Gasteiger partial charge in [-0.3, -0.25) is 5.01 Å². The van der Waals surface area contributed by atoms with Crippen LogP contribution in [0.3, 0.4) is 0 Å². The number of hydrogen-bond acceptors (Lipinski definition) is 4. The maximum absolute atomic E-state index is 5.98. The summed E-state index contributed by atoms with van der Waals surface area (Å²) in [6, 6.07) is 3.71. The van der Waals surface area contributed by atoms with Gasteiger partial charge in [0.1, 0.15) is 11.6 Å². The van der Waals surface area contributed by atoms with Crippen LogP contribution in [-0.4, -0.2) is 22.0 Å². The van der Waals surface area contributed by atoms with Gasteiger partial charge in [0.2, 0.25) is 0 Å². The quantitative estimate of drug-likeness (QED) is 0.617. The van der Waals surface area contributed by atoms with Gasteiger partial charge < -0.3 is 4.98 Å². The van der Waals surface area contributed by atoms with Crippen molar-refractivity contribution in [2.45, 2.75) is 6.92 Å². The summed E-state index contributed by atoms with van der Waals surface area (Å²) in [6.45, 7) is 1.85. The van der Waals surface area contributed by atoms with Gasteiger partial charge in [-0.1, -0.05) is 11.6 Å². The molecule has 0 aromatic carbocycles. The molecular weight excluding hydrogens is 226 g/mol. The zero-order chi connectivity index (χ0) is 11.7. The van der Waals surface area contributed by atoms with Crippen LogP contribution in [0.25, 0.3) is 11.3 Å². The number of aromatic nitrogens is 3. The first kappa shape index (κ1) is 10.9. The van der Waals surface area contributed by atoms with E-state index in [1.807, 2.05) is 19.1 Å². The van der Waals surface area contributed by atoms with Crippen molar-refractivity contribution in [3.8, 4) is 11.3 Å². The van der Waals surface area contributed by atoms with E-state index in [1.54, 1.807) is 13.2 Å². The average molecular weight is 238 g/mol. The molecule has 3 N–H and O–H groups in total. The molecule has 0 unspecified atom stereocenters. The first-order valence-electron chi connectivity index (χ1n) is 4.75. The minimum absolute atomic E-state index is 0.452. The fourth-order valence-electron chi connectivity index (χ4n) is 1.40. The molecule has 5 nitrogen and oxygen atoms in total. The van der Waals surface area contributed by atoms with Gasteiger partial charge in [0.15, 0.2) is 5.15 Å². The fourth-order valence-corrected chi connectivity index (χ4v) is 1.68. The van der Waals surface area contributed by atoms with Gasteiger partial charge in [0.05, 0.1) is 5.69 Å². The molecule has 2 heterocycles. The van der Waals surface area contributed by atoms with Crippen molar-refractivity contribution in [1.82, 2.24) is 15.0 Å². The molecule has 0 amide bonds. The standard InChI is InChI=1S/C10H12ClN5/c1-6-14-9(10(11)15-6)7-3-4-8(13-5-7)16(2)12/h3-5H,12H2,1-2H3,(H,14,15). The number of aryl methyl sites for hydroxylation is 1. The summed E-state index contributed by atoms with van der Waals surface area (Å²) >= 11 is 5.98. The normalized spacial score (nSPS) is 10.5. The lowest BCUT2D eigenvalue weighted by molar-refractivity contribution is 0.977. The second kappa shape index (κ2) is 4.11. The number of aromatic amines is 1. The van der Waals surface area contributed by atoms with E-state index < -0.39 is 0 Å². The number of halogens is 1. The summed E-state index contributed by atoms with van der Waals surface area (Å²) in [5, 5.41) is 1.90. The van der Waals surface area contributed by atoms with Gasteiger partial charge in [-0.15, -0.1) is 0 Å². The molecule has 0 fully saturated rings. The third-order valence-corrected chi connectivity index (χ3v) is 2.45. The van der Waals surface area contributed by atoms with Gasteiger partial charge in [-0.05, 0) is 19.1 Å². The first-order chi connectivity index (χ1) is 7.58. The van der Waals surface area contributed by atoms with Gasteiger partial charge in [-0.25, -0.2) is 15.8 Å². The van der Waals surface area contributed by atoms with Crippen LogP contribution in [-0.2, 0) is 0 Å². The van der Waals surface area contributed by atoms with Crippen LogP contribution in [0.15, 0.2) is 18.3 Å². The Morgan fingerprint density at radius 1 is 1.44 bits per heavy atom. The number of nitrogens with one attached hydrogen (secondary N) is 1. The zero-order valence-electron chi connectivity index (χ0n) is 9.03. The van der Waals surface area contributed by atoms with Crippen molar-refractivity contribution in [3.05, 3.63) is 29.3 Å². The van der Waals surface area contributed by atoms with Crippen molar-refractivity contribution in [3.63, 3.8) is 0 Å². The Morgan fingerprint density at radius 3 is 2.62 bits per heavy atom. The molecule has 2 rings (SSSR count). The van der Waals surface area contributed by atoms with E-state index in [0.717, 1.165) is 17.1 Å². The van der Waals surface area contributed by atoms with E-state index in [-0.39, 0.29) is 0 Å². The van der Waals surface area contributed by atoms with Crippen molar-refractivity contribution in [2.75, 3.05) is 12.1 Å². The molecule has 0 spiro atoms. The molecule has 0 aliphatic heterocycles. The predicted molar refractivity (Wildman–Crippen MR) is 64.2 cm³/mol. The van der Waals surface area contributed by atoms with E-state index in [4.69, 9.17) is 17.4 Å². The fraction of sp³-hybridized carbons (Fsp3) is 0.200. The molecule has 0 saturated carbocycles. The number of imidazole rings is 1. The summed E-state index contributed by atoms with van der Waals surface area (Å²) in [5.41, 5.74) is 1.66. The monoisotopic (exact) mass is 237 g/mol. The van der Waals surface area contributed by atoms with Crippen molar-refractivity contribution in [1.29, 1.82) is 0 Å². The highest BCUT2D eigenvalue weighted by atomic mass is 35.5. The summed E-state index contributed by atoms with van der Waals surface area (Å²) in [7, 11) is 1.73. The minimum atomic E-state index is 0.452. The lowest BCUT2D eigenvalue weighted by Gasteiger charge is -2.10. The largest absolute Gasteiger partial charge is 0.341 e. The molecule has 0 aliphatic carbocycles. The van der Waals surface area contributed by atoms with Gasteiger partial charge in [0.25, 0.3) is 0 Å². The van der Waals surface area contributed by atoms with Crippen molar-refractivity contribution >= 4 is 17.4 Å². The molecule has 0 saturated heterocycles. The number of H-pyrrole nitrogens is 1. The van der Waals surface area contributed by atoms with Crippen molar-refractivity contribution in [2.24, 2.45) is 5.84 Å². The number of hydrogen-bond donors (Lipinski definition) is 2. The highest BCUT2D eigenvalue weighted by Crippen LogP contribution is 2.25. The third-order valence-electron chi connectivity index (χ3n) is 2.18. The van der Waals surface area contributed by atoms with Crippen LogP contribution < -0.4 is 10.9 Å². The van der Waals surface area contributed by atoms with Crippen LogP contribution in [0, 0.1) is 6.92 Å². The lowest BCUT2D eigenvalue weighted by Crippen LogP contribution is -2.25. The number of rotatable bonds is 2. The minimum Gasteiger partial charge on any atom is -0.341 e. The molecule has 0 bridgehead atoms. The van der Waals surface area contributed by atoms with Crippen LogP contribution in [0.4, 0.5) is 5.82 Å². The average Bonchev–Trinajstić information content (AvgIpc) is 2.58. The number of hydrazine groups is 1. The molecule has 6 heteroatoms. The van der Waals surface area contributed by atoms with E-state index in [2.05, 4.69) is 15.0 Å². The second-order valence-electron chi connectivity index (χ2n) is 3.50. The Balaban J connectivity index is 2.38. The highest BCUT2D eigenvalue weighted by molar-refractivity contribution is 6.31. The number of pyridine rings is 1. The number of nitrogens with two attached hydrogens (primary N) is 1. The molecule has 84 valence electrons. The van der Waals surface area contributed by atoms with E-state index in [1.165, 1.54) is 5.01 Å². The predicted octanol–water partition coefficient (Wildman–Crippen LogP) is 1.74. The smallest absolute Gasteiger partial charge is 0.155 e. The summed E-state index contributed by atoms with van der Waals surface area (Å²) in [6.07, 6.45) is 1.71. The van der Waals surface area contributed by atoms with Gasteiger partial charge in [-0.2, -0.15) is 0 Å². The molecule has 0 radical (unpaired) electrons.